The van der Waals surface area contributed by atoms with Crippen molar-refractivity contribution in [1.29, 1.82) is 0 Å². The maximum absolute atomic E-state index is 11.9. The van der Waals surface area contributed by atoms with Crippen molar-refractivity contribution in [3.8, 4) is 0 Å². The molecule has 0 atom stereocenters. The molecule has 3 amide bonds. The van der Waals surface area contributed by atoms with Gasteiger partial charge in [0, 0.05) is 5.92 Å². The quantitative estimate of drug-likeness (QED) is 0.776. The van der Waals surface area contributed by atoms with Crippen LogP contribution in [0.1, 0.15) is 12.8 Å². The minimum absolute atomic E-state index is 0.0988. The summed E-state index contributed by atoms with van der Waals surface area (Å²) < 4.78 is 0. The monoisotopic (exact) mass is 281 g/mol. The maximum atomic E-state index is 11.9. The van der Waals surface area contributed by atoms with E-state index in [0.29, 0.717) is 10.7 Å². The lowest BCUT2D eigenvalue weighted by molar-refractivity contribution is -0.124. The zero-order valence-corrected chi connectivity index (χ0v) is 11.2. The fourth-order valence-corrected chi connectivity index (χ4v) is 2.20. The summed E-state index contributed by atoms with van der Waals surface area (Å²) in [5.74, 6) is -0.329. The molecular formula is C13H16ClN3O2. The number of urea groups is 1. The van der Waals surface area contributed by atoms with Crippen LogP contribution in [0.3, 0.4) is 0 Å². The Hall–Kier alpha value is -1.59. The van der Waals surface area contributed by atoms with Crippen LogP contribution in [0, 0.1) is 5.92 Å². The molecule has 102 valence electrons. The van der Waals surface area contributed by atoms with Gasteiger partial charge in [0.1, 0.15) is 0 Å². The fraction of sp³-hybridized carbons (Fsp3) is 0.385. The van der Waals surface area contributed by atoms with E-state index in [1.54, 1.807) is 24.3 Å². The number of hydrogen-bond donors (Lipinski definition) is 3. The van der Waals surface area contributed by atoms with Crippen molar-refractivity contribution in [3.05, 3.63) is 29.3 Å². The highest BCUT2D eigenvalue weighted by atomic mass is 35.5. The van der Waals surface area contributed by atoms with Crippen molar-refractivity contribution in [3.63, 3.8) is 0 Å². The number of benzene rings is 1. The highest BCUT2D eigenvalue weighted by Crippen LogP contribution is 2.20. The molecule has 5 nitrogen and oxygen atoms in total. The van der Waals surface area contributed by atoms with Crippen molar-refractivity contribution in [2.75, 3.05) is 18.4 Å². The number of hydrogen-bond acceptors (Lipinski definition) is 3. The average molecular weight is 282 g/mol. The largest absolute Gasteiger partial charge is 0.325 e. The van der Waals surface area contributed by atoms with E-state index in [2.05, 4.69) is 16.0 Å². The molecule has 19 heavy (non-hydrogen) atoms. The molecule has 1 saturated heterocycles. The highest BCUT2D eigenvalue weighted by molar-refractivity contribution is 6.33. The van der Waals surface area contributed by atoms with Gasteiger partial charge in [-0.1, -0.05) is 23.7 Å². The number of carbonyl (C=O) groups is 2. The molecule has 0 spiro atoms. The van der Waals surface area contributed by atoms with E-state index in [1.807, 2.05) is 0 Å². The molecule has 1 aliphatic rings. The van der Waals surface area contributed by atoms with E-state index in [-0.39, 0.29) is 11.8 Å². The van der Waals surface area contributed by atoms with Crippen molar-refractivity contribution >= 4 is 29.2 Å². The van der Waals surface area contributed by atoms with Gasteiger partial charge in [-0.15, -0.1) is 0 Å². The summed E-state index contributed by atoms with van der Waals surface area (Å²) in [6.07, 6.45) is 1.51. The van der Waals surface area contributed by atoms with Gasteiger partial charge in [0.15, 0.2) is 0 Å². The lowest BCUT2D eigenvalue weighted by Gasteiger charge is -2.21. The van der Waals surface area contributed by atoms with Gasteiger partial charge < -0.3 is 10.6 Å². The smallest absolute Gasteiger partial charge is 0.317 e. The summed E-state index contributed by atoms with van der Waals surface area (Å²) >= 11 is 5.92. The first-order valence-corrected chi connectivity index (χ1v) is 6.61. The number of carbonyl (C=O) groups excluding carboxylic acids is 2. The van der Waals surface area contributed by atoms with E-state index in [0.717, 1.165) is 25.9 Å². The molecule has 1 aromatic carbocycles. The SMILES string of the molecule is O=C(NC(=O)C1CCNCC1)Nc1ccccc1Cl. The summed E-state index contributed by atoms with van der Waals surface area (Å²) in [6, 6.07) is 6.33. The molecule has 0 aliphatic carbocycles. The van der Waals surface area contributed by atoms with E-state index >= 15 is 0 Å². The molecular weight excluding hydrogens is 266 g/mol. The van der Waals surface area contributed by atoms with Crippen LogP contribution in [0.25, 0.3) is 0 Å². The summed E-state index contributed by atoms with van der Waals surface area (Å²) in [7, 11) is 0. The molecule has 2 rings (SSSR count). The zero-order valence-electron chi connectivity index (χ0n) is 10.4. The van der Waals surface area contributed by atoms with Gasteiger partial charge in [0.2, 0.25) is 5.91 Å². The number of piperidine rings is 1. The Labute approximate surface area is 116 Å². The standard InChI is InChI=1S/C13H16ClN3O2/c14-10-3-1-2-4-11(10)16-13(19)17-12(18)9-5-7-15-8-6-9/h1-4,9,15H,5-8H2,(H2,16,17,18,19). The zero-order chi connectivity index (χ0) is 13.7. The van der Waals surface area contributed by atoms with Crippen LogP contribution in [-0.4, -0.2) is 25.0 Å². The predicted octanol–water partition coefficient (Wildman–Crippen LogP) is 1.99. The van der Waals surface area contributed by atoms with E-state index in [4.69, 9.17) is 11.6 Å². The van der Waals surface area contributed by atoms with Gasteiger partial charge in [-0.2, -0.15) is 0 Å². The van der Waals surface area contributed by atoms with Gasteiger partial charge in [-0.05, 0) is 38.1 Å². The predicted molar refractivity (Wildman–Crippen MR) is 74.2 cm³/mol. The third-order valence-electron chi connectivity index (χ3n) is 3.07. The van der Waals surface area contributed by atoms with Gasteiger partial charge in [0.25, 0.3) is 0 Å². The highest BCUT2D eigenvalue weighted by Gasteiger charge is 2.22. The van der Waals surface area contributed by atoms with E-state index in [1.165, 1.54) is 0 Å². The van der Waals surface area contributed by atoms with Crippen molar-refractivity contribution in [2.24, 2.45) is 5.92 Å². The lowest BCUT2D eigenvalue weighted by atomic mass is 9.97. The van der Waals surface area contributed by atoms with Gasteiger partial charge in [0.05, 0.1) is 10.7 Å². The molecule has 0 aromatic heterocycles. The summed E-state index contributed by atoms with van der Waals surface area (Å²) in [6.45, 7) is 1.62. The van der Waals surface area contributed by atoms with Crippen LogP contribution < -0.4 is 16.0 Å². The number of imide groups is 1. The molecule has 0 radical (unpaired) electrons. The minimum atomic E-state index is -0.545. The van der Waals surface area contributed by atoms with Crippen LogP contribution in [0.15, 0.2) is 24.3 Å². The fourth-order valence-electron chi connectivity index (χ4n) is 2.01. The Morgan fingerprint density at radius 3 is 2.58 bits per heavy atom. The Balaban J connectivity index is 1.87. The molecule has 1 fully saturated rings. The normalized spacial score (nSPS) is 15.8. The second-order valence-corrected chi connectivity index (χ2v) is 4.85. The third-order valence-corrected chi connectivity index (χ3v) is 3.40. The van der Waals surface area contributed by atoms with Crippen LogP contribution in [0.2, 0.25) is 5.02 Å². The summed E-state index contributed by atoms with van der Waals surface area (Å²) in [5.41, 5.74) is 0.486. The second-order valence-electron chi connectivity index (χ2n) is 4.45. The van der Waals surface area contributed by atoms with Crippen molar-refractivity contribution in [1.82, 2.24) is 10.6 Å². The first-order chi connectivity index (χ1) is 9.16. The molecule has 1 aromatic rings. The van der Waals surface area contributed by atoms with Gasteiger partial charge >= 0.3 is 6.03 Å². The lowest BCUT2D eigenvalue weighted by Crippen LogP contribution is -2.42. The third kappa shape index (κ3) is 3.94. The molecule has 0 unspecified atom stereocenters. The van der Waals surface area contributed by atoms with Crippen LogP contribution >= 0.6 is 11.6 Å². The minimum Gasteiger partial charge on any atom is -0.317 e. The van der Waals surface area contributed by atoms with Gasteiger partial charge in [-0.3, -0.25) is 10.1 Å². The van der Waals surface area contributed by atoms with E-state index in [9.17, 15) is 9.59 Å². The summed E-state index contributed by atoms with van der Waals surface area (Å²) in [5, 5.41) is 8.52. The first kappa shape index (κ1) is 13.8. The topological polar surface area (TPSA) is 70.2 Å². The average Bonchev–Trinajstić information content (AvgIpc) is 2.42. The van der Waals surface area contributed by atoms with Crippen molar-refractivity contribution in [2.45, 2.75) is 12.8 Å². The molecule has 0 saturated carbocycles. The molecule has 1 aliphatic heterocycles. The number of para-hydroxylation sites is 1. The number of halogens is 1. The molecule has 0 bridgehead atoms. The van der Waals surface area contributed by atoms with Gasteiger partial charge in [-0.25, -0.2) is 4.79 Å². The van der Waals surface area contributed by atoms with Crippen LogP contribution in [0.5, 0.6) is 0 Å². The number of amides is 3. The Morgan fingerprint density at radius 2 is 1.89 bits per heavy atom. The summed E-state index contributed by atoms with van der Waals surface area (Å²) in [4.78, 5) is 23.6. The number of rotatable bonds is 2. The second kappa shape index (κ2) is 6.54. The van der Waals surface area contributed by atoms with E-state index < -0.39 is 6.03 Å². The molecule has 6 heteroatoms. The number of nitrogens with one attached hydrogen (secondary N) is 3. The van der Waals surface area contributed by atoms with Crippen molar-refractivity contribution < 1.29 is 9.59 Å². The van der Waals surface area contributed by atoms with Crippen LogP contribution in [-0.2, 0) is 4.79 Å². The first-order valence-electron chi connectivity index (χ1n) is 6.24. The Kier molecular flexibility index (Phi) is 4.76. The molecule has 1 heterocycles. The maximum Gasteiger partial charge on any atom is 0.325 e. The Morgan fingerprint density at radius 1 is 1.21 bits per heavy atom. The number of anilines is 1. The Bertz CT molecular complexity index is 473. The van der Waals surface area contributed by atoms with Crippen LogP contribution in [0.4, 0.5) is 10.5 Å². The molecule has 3 N–H and O–H groups in total.